The molecule has 0 saturated carbocycles. The molecule has 0 aromatic heterocycles. The van der Waals surface area contributed by atoms with Crippen molar-refractivity contribution in [3.63, 3.8) is 0 Å². The summed E-state index contributed by atoms with van der Waals surface area (Å²) in [7, 11) is -3.97. The Kier molecular flexibility index (Phi) is 8.08. The van der Waals surface area contributed by atoms with E-state index >= 15 is 0 Å². The van der Waals surface area contributed by atoms with Crippen molar-refractivity contribution in [2.75, 3.05) is 17.2 Å². The van der Waals surface area contributed by atoms with Crippen LogP contribution < -0.4 is 20.7 Å². The molecule has 34 heavy (non-hydrogen) atoms. The van der Waals surface area contributed by atoms with Crippen molar-refractivity contribution in [2.24, 2.45) is 0 Å². The molecule has 0 fully saturated rings. The Morgan fingerprint density at radius 1 is 0.912 bits per heavy atom. The van der Waals surface area contributed by atoms with E-state index in [4.69, 9.17) is 11.6 Å². The number of rotatable bonds is 7. The molecular weight excluding hydrogens is 483 g/mol. The van der Waals surface area contributed by atoms with Crippen LogP contribution in [0.25, 0.3) is 0 Å². The predicted octanol–water partition coefficient (Wildman–Crippen LogP) is 4.66. The number of benzene rings is 3. The van der Waals surface area contributed by atoms with Gasteiger partial charge in [-0.05, 0) is 60.9 Å². The maximum Gasteiger partial charge on any atom is 0.328 e. The molecule has 3 rings (SSSR count). The minimum atomic E-state index is -3.97. The molecule has 178 valence electrons. The fourth-order valence-corrected chi connectivity index (χ4v) is 4.31. The molecule has 4 amide bonds. The smallest absolute Gasteiger partial charge is 0.328 e. The lowest BCUT2D eigenvalue weighted by Crippen LogP contribution is -2.40. The van der Waals surface area contributed by atoms with Gasteiger partial charge in [-0.25, -0.2) is 27.1 Å². The molecule has 8 nitrogen and oxygen atoms in total. The maximum atomic E-state index is 13.5. The minimum absolute atomic E-state index is 0.0403. The van der Waals surface area contributed by atoms with Gasteiger partial charge in [-0.15, -0.1) is 0 Å². The van der Waals surface area contributed by atoms with Gasteiger partial charge in [0.15, 0.2) is 0 Å². The molecule has 0 radical (unpaired) electrons. The second kappa shape index (κ2) is 11.0. The van der Waals surface area contributed by atoms with Crippen LogP contribution in [0.15, 0.2) is 71.6 Å². The third-order valence-electron chi connectivity index (χ3n) is 4.70. The molecule has 3 aromatic carbocycles. The van der Waals surface area contributed by atoms with Crippen LogP contribution in [0, 0.1) is 12.7 Å². The van der Waals surface area contributed by atoms with Crippen LogP contribution in [0.5, 0.6) is 0 Å². The van der Waals surface area contributed by atoms with Gasteiger partial charge in [-0.3, -0.25) is 0 Å². The summed E-state index contributed by atoms with van der Waals surface area (Å²) in [6.45, 7) is 1.84. The monoisotopic (exact) mass is 504 g/mol. The van der Waals surface area contributed by atoms with Crippen LogP contribution in [0.4, 0.5) is 25.4 Å². The van der Waals surface area contributed by atoms with Crippen molar-refractivity contribution in [1.29, 1.82) is 0 Å². The van der Waals surface area contributed by atoms with Crippen LogP contribution in [-0.2, 0) is 16.4 Å². The number of halogens is 2. The molecule has 0 bridgehead atoms. The van der Waals surface area contributed by atoms with E-state index in [1.807, 2.05) is 4.72 Å². The Bertz CT molecular complexity index is 1300. The number of nitrogens with one attached hydrogen (secondary N) is 4. The summed E-state index contributed by atoms with van der Waals surface area (Å²) in [6.07, 6.45) is 0.439. The largest absolute Gasteiger partial charge is 0.337 e. The molecule has 0 saturated heterocycles. The van der Waals surface area contributed by atoms with Gasteiger partial charge in [-0.2, -0.15) is 0 Å². The zero-order valence-electron chi connectivity index (χ0n) is 18.1. The molecule has 11 heteroatoms. The lowest BCUT2D eigenvalue weighted by atomic mass is 10.1. The number of urea groups is 2. The fraction of sp³-hybridized carbons (Fsp3) is 0.130. The molecule has 4 N–H and O–H groups in total. The number of hydrogen-bond acceptors (Lipinski definition) is 4. The van der Waals surface area contributed by atoms with Gasteiger partial charge in [-0.1, -0.05) is 41.9 Å². The fourth-order valence-electron chi connectivity index (χ4n) is 3.01. The van der Waals surface area contributed by atoms with Gasteiger partial charge in [0.2, 0.25) is 0 Å². The quantitative estimate of drug-likeness (QED) is 0.374. The summed E-state index contributed by atoms with van der Waals surface area (Å²) in [5.41, 5.74) is 2.15. The van der Waals surface area contributed by atoms with Gasteiger partial charge in [0, 0.05) is 17.9 Å². The van der Waals surface area contributed by atoms with E-state index in [0.717, 1.165) is 11.6 Å². The van der Waals surface area contributed by atoms with Gasteiger partial charge < -0.3 is 16.0 Å². The second-order valence-corrected chi connectivity index (χ2v) is 9.34. The Hall–Kier alpha value is -3.63. The highest BCUT2D eigenvalue weighted by molar-refractivity contribution is 7.90. The third kappa shape index (κ3) is 6.93. The second-order valence-electron chi connectivity index (χ2n) is 7.28. The van der Waals surface area contributed by atoms with E-state index in [0.29, 0.717) is 17.7 Å². The Morgan fingerprint density at radius 3 is 2.24 bits per heavy atom. The van der Waals surface area contributed by atoms with Crippen LogP contribution in [0.1, 0.15) is 11.1 Å². The number of anilines is 2. The van der Waals surface area contributed by atoms with Crippen molar-refractivity contribution in [3.05, 3.63) is 88.7 Å². The first-order valence-electron chi connectivity index (χ1n) is 10.1. The van der Waals surface area contributed by atoms with E-state index in [1.165, 1.54) is 18.2 Å². The predicted molar refractivity (Wildman–Crippen MR) is 129 cm³/mol. The van der Waals surface area contributed by atoms with Crippen LogP contribution in [0.2, 0.25) is 5.02 Å². The standard InChI is InChI=1S/C23H22ClFN4O4S/c1-15-4-2-3-5-21(15)34(32,33)29-22(30)26-13-12-16-6-8-17(9-7-16)27-23(31)28-18-10-11-19(24)20(25)14-18/h2-11,14H,12-13H2,1H3,(H2,26,29,30)(H2,27,28,31). The molecular formula is C23H22ClFN4O4S. The van der Waals surface area contributed by atoms with Crippen LogP contribution >= 0.6 is 11.6 Å². The maximum absolute atomic E-state index is 13.5. The summed E-state index contributed by atoms with van der Waals surface area (Å²) < 4.78 is 40.1. The normalized spacial score (nSPS) is 10.9. The molecule has 0 aliphatic carbocycles. The van der Waals surface area contributed by atoms with E-state index in [-0.39, 0.29) is 22.2 Å². The summed E-state index contributed by atoms with van der Waals surface area (Å²) in [5, 5.41) is 7.59. The van der Waals surface area contributed by atoms with Crippen LogP contribution in [0.3, 0.4) is 0 Å². The number of sulfonamides is 1. The lowest BCUT2D eigenvalue weighted by Gasteiger charge is -2.11. The summed E-state index contributed by atoms with van der Waals surface area (Å²) in [6, 6.07) is 15.8. The average molecular weight is 505 g/mol. The third-order valence-corrected chi connectivity index (χ3v) is 6.50. The van der Waals surface area contributed by atoms with Gasteiger partial charge in [0.25, 0.3) is 10.0 Å². The first-order valence-corrected chi connectivity index (χ1v) is 12.0. The summed E-state index contributed by atoms with van der Waals surface area (Å²) in [5.74, 6) is -0.640. The topological polar surface area (TPSA) is 116 Å². The number of carbonyl (C=O) groups excluding carboxylic acids is 2. The highest BCUT2D eigenvalue weighted by atomic mass is 35.5. The molecule has 0 aliphatic heterocycles. The van der Waals surface area contributed by atoms with Crippen LogP contribution in [-0.4, -0.2) is 27.0 Å². The van der Waals surface area contributed by atoms with Crippen molar-refractivity contribution < 1.29 is 22.4 Å². The van der Waals surface area contributed by atoms with Gasteiger partial charge in [0.1, 0.15) is 5.82 Å². The Morgan fingerprint density at radius 2 is 1.56 bits per heavy atom. The lowest BCUT2D eigenvalue weighted by molar-refractivity contribution is 0.246. The first kappa shape index (κ1) is 25.0. The van der Waals surface area contributed by atoms with Crippen molar-refractivity contribution >= 4 is 45.1 Å². The molecule has 0 heterocycles. The molecule has 0 atom stereocenters. The Labute approximate surface area is 201 Å². The molecule has 0 spiro atoms. The summed E-state index contributed by atoms with van der Waals surface area (Å²) in [4.78, 5) is 24.1. The average Bonchev–Trinajstić information content (AvgIpc) is 2.77. The van der Waals surface area contributed by atoms with Crippen molar-refractivity contribution in [1.82, 2.24) is 10.0 Å². The van der Waals surface area contributed by atoms with Gasteiger partial charge in [0.05, 0.1) is 9.92 Å². The van der Waals surface area contributed by atoms with Gasteiger partial charge >= 0.3 is 12.1 Å². The number of carbonyl (C=O) groups is 2. The first-order chi connectivity index (χ1) is 16.1. The highest BCUT2D eigenvalue weighted by Crippen LogP contribution is 2.19. The number of aryl methyl sites for hydroxylation is 1. The number of amides is 4. The van der Waals surface area contributed by atoms with Crippen molar-refractivity contribution in [2.45, 2.75) is 18.2 Å². The van der Waals surface area contributed by atoms with E-state index in [1.54, 1.807) is 49.4 Å². The van der Waals surface area contributed by atoms with E-state index in [2.05, 4.69) is 16.0 Å². The summed E-state index contributed by atoms with van der Waals surface area (Å²) >= 11 is 5.62. The minimum Gasteiger partial charge on any atom is -0.337 e. The zero-order valence-corrected chi connectivity index (χ0v) is 19.6. The molecule has 0 aliphatic rings. The van der Waals surface area contributed by atoms with E-state index < -0.39 is 27.9 Å². The molecule has 3 aromatic rings. The zero-order chi connectivity index (χ0) is 24.7. The Balaban J connectivity index is 1.45. The SMILES string of the molecule is Cc1ccccc1S(=O)(=O)NC(=O)NCCc1ccc(NC(=O)Nc2ccc(Cl)c(F)c2)cc1. The molecule has 0 unspecified atom stereocenters. The van der Waals surface area contributed by atoms with E-state index in [9.17, 15) is 22.4 Å². The highest BCUT2D eigenvalue weighted by Gasteiger charge is 2.19. The van der Waals surface area contributed by atoms with Crippen molar-refractivity contribution in [3.8, 4) is 0 Å². The number of hydrogen-bond donors (Lipinski definition) is 4.